The van der Waals surface area contributed by atoms with Gasteiger partial charge in [0, 0.05) is 18.2 Å². The van der Waals surface area contributed by atoms with Crippen LogP contribution in [0, 0.1) is 12.7 Å². The van der Waals surface area contributed by atoms with Crippen LogP contribution in [0.5, 0.6) is 0 Å². The van der Waals surface area contributed by atoms with Crippen molar-refractivity contribution in [1.29, 1.82) is 0 Å². The van der Waals surface area contributed by atoms with E-state index in [4.69, 9.17) is 0 Å². The summed E-state index contributed by atoms with van der Waals surface area (Å²) in [5.74, 6) is -0.346. The van der Waals surface area contributed by atoms with E-state index >= 15 is 0 Å². The first-order valence-electron chi connectivity index (χ1n) is 6.44. The minimum absolute atomic E-state index is 0.0577. The predicted molar refractivity (Wildman–Crippen MR) is 70.0 cm³/mol. The van der Waals surface area contributed by atoms with Crippen molar-refractivity contribution in [2.45, 2.75) is 38.6 Å². The van der Waals surface area contributed by atoms with Crippen LogP contribution in [0.2, 0.25) is 0 Å². The molecule has 1 saturated heterocycles. The molecular weight excluding hydrogens is 231 g/mol. The van der Waals surface area contributed by atoms with E-state index in [0.717, 1.165) is 13.0 Å². The summed E-state index contributed by atoms with van der Waals surface area (Å²) in [7, 11) is 0. The van der Waals surface area contributed by atoms with Gasteiger partial charge in [-0.1, -0.05) is 12.5 Å². The standard InChI is InChI=1S/C14H19FN2O/c1-10-5-6-12(8-13(10)15)17-14(18)9-11-4-2-3-7-16-11/h5-6,8,11,16H,2-4,7,9H2,1H3,(H,17,18). The third-order valence-electron chi connectivity index (χ3n) is 3.30. The van der Waals surface area contributed by atoms with Crippen molar-refractivity contribution in [3.8, 4) is 0 Å². The molecule has 0 aromatic heterocycles. The lowest BCUT2D eigenvalue weighted by Gasteiger charge is -2.22. The fraction of sp³-hybridized carbons (Fsp3) is 0.500. The van der Waals surface area contributed by atoms with Crippen molar-refractivity contribution in [2.24, 2.45) is 0 Å². The van der Waals surface area contributed by atoms with Gasteiger partial charge >= 0.3 is 0 Å². The van der Waals surface area contributed by atoms with Gasteiger partial charge in [0.05, 0.1) is 0 Å². The maximum atomic E-state index is 13.3. The molecule has 2 rings (SSSR count). The average molecular weight is 250 g/mol. The summed E-state index contributed by atoms with van der Waals surface area (Å²) in [5.41, 5.74) is 1.11. The minimum atomic E-state index is -0.288. The van der Waals surface area contributed by atoms with E-state index in [9.17, 15) is 9.18 Å². The van der Waals surface area contributed by atoms with Crippen LogP contribution >= 0.6 is 0 Å². The third-order valence-corrected chi connectivity index (χ3v) is 3.30. The molecule has 1 unspecified atom stereocenters. The monoisotopic (exact) mass is 250 g/mol. The number of amides is 1. The van der Waals surface area contributed by atoms with Crippen molar-refractivity contribution in [2.75, 3.05) is 11.9 Å². The fourth-order valence-electron chi connectivity index (χ4n) is 2.20. The molecule has 4 heteroatoms. The smallest absolute Gasteiger partial charge is 0.225 e. The number of hydrogen-bond acceptors (Lipinski definition) is 2. The number of benzene rings is 1. The summed E-state index contributed by atoms with van der Waals surface area (Å²) < 4.78 is 13.3. The van der Waals surface area contributed by atoms with Gasteiger partial charge in [-0.3, -0.25) is 4.79 Å². The summed E-state index contributed by atoms with van der Waals surface area (Å²) in [6, 6.07) is 5.02. The van der Waals surface area contributed by atoms with Crippen LogP contribution in [0.25, 0.3) is 0 Å². The SMILES string of the molecule is Cc1ccc(NC(=O)CC2CCCCN2)cc1F. The molecule has 0 aliphatic carbocycles. The lowest BCUT2D eigenvalue weighted by molar-refractivity contribution is -0.116. The molecule has 1 heterocycles. The largest absolute Gasteiger partial charge is 0.326 e. The van der Waals surface area contributed by atoms with Gasteiger partial charge in [0.1, 0.15) is 5.82 Å². The summed E-state index contributed by atoms with van der Waals surface area (Å²) in [4.78, 5) is 11.8. The van der Waals surface area contributed by atoms with Gasteiger partial charge in [0.2, 0.25) is 5.91 Å². The highest BCUT2D eigenvalue weighted by atomic mass is 19.1. The van der Waals surface area contributed by atoms with Crippen LogP contribution in [0.3, 0.4) is 0 Å². The van der Waals surface area contributed by atoms with Gasteiger partial charge in [0.25, 0.3) is 0 Å². The molecule has 98 valence electrons. The zero-order chi connectivity index (χ0) is 13.0. The lowest BCUT2D eigenvalue weighted by atomic mass is 10.0. The molecule has 1 atom stereocenters. The van der Waals surface area contributed by atoms with Crippen LogP contribution in [-0.2, 0) is 4.79 Å². The topological polar surface area (TPSA) is 41.1 Å². The van der Waals surface area contributed by atoms with Crippen LogP contribution < -0.4 is 10.6 Å². The molecular formula is C14H19FN2O. The van der Waals surface area contributed by atoms with Crippen molar-refractivity contribution < 1.29 is 9.18 Å². The highest BCUT2D eigenvalue weighted by molar-refractivity contribution is 5.91. The second kappa shape index (κ2) is 5.96. The molecule has 1 aliphatic heterocycles. The molecule has 1 aromatic rings. The summed E-state index contributed by atoms with van der Waals surface area (Å²) >= 11 is 0. The Labute approximate surface area is 107 Å². The van der Waals surface area contributed by atoms with Crippen molar-refractivity contribution in [1.82, 2.24) is 5.32 Å². The second-order valence-corrected chi connectivity index (χ2v) is 4.86. The molecule has 0 bridgehead atoms. The Morgan fingerprint density at radius 2 is 2.33 bits per heavy atom. The van der Waals surface area contributed by atoms with Crippen LogP contribution in [-0.4, -0.2) is 18.5 Å². The number of nitrogens with one attached hydrogen (secondary N) is 2. The maximum absolute atomic E-state index is 13.3. The Morgan fingerprint density at radius 1 is 1.50 bits per heavy atom. The number of aryl methyl sites for hydroxylation is 1. The second-order valence-electron chi connectivity index (χ2n) is 4.86. The van der Waals surface area contributed by atoms with E-state index in [-0.39, 0.29) is 17.8 Å². The summed E-state index contributed by atoms with van der Waals surface area (Å²) in [6.45, 7) is 2.68. The summed E-state index contributed by atoms with van der Waals surface area (Å²) in [6.07, 6.45) is 3.84. The third kappa shape index (κ3) is 3.53. The van der Waals surface area contributed by atoms with Crippen LogP contribution in [0.15, 0.2) is 18.2 Å². The Hall–Kier alpha value is -1.42. The van der Waals surface area contributed by atoms with E-state index in [1.54, 1.807) is 19.1 Å². The molecule has 3 nitrogen and oxygen atoms in total. The van der Waals surface area contributed by atoms with Crippen molar-refractivity contribution in [3.63, 3.8) is 0 Å². The number of anilines is 1. The molecule has 1 aliphatic rings. The van der Waals surface area contributed by atoms with E-state index in [1.165, 1.54) is 18.9 Å². The Morgan fingerprint density at radius 3 is 3.00 bits per heavy atom. The normalized spacial score (nSPS) is 19.6. The van der Waals surface area contributed by atoms with E-state index in [0.29, 0.717) is 17.7 Å². The van der Waals surface area contributed by atoms with Crippen LogP contribution in [0.4, 0.5) is 10.1 Å². The van der Waals surface area contributed by atoms with E-state index in [1.807, 2.05) is 0 Å². The molecule has 18 heavy (non-hydrogen) atoms. The van der Waals surface area contributed by atoms with Gasteiger partial charge in [-0.05, 0) is 44.0 Å². The molecule has 0 spiro atoms. The molecule has 2 N–H and O–H groups in total. The first kappa shape index (κ1) is 13.0. The van der Waals surface area contributed by atoms with Gasteiger partial charge in [-0.15, -0.1) is 0 Å². The first-order chi connectivity index (χ1) is 8.65. The lowest BCUT2D eigenvalue weighted by Crippen LogP contribution is -2.36. The maximum Gasteiger partial charge on any atom is 0.225 e. The van der Waals surface area contributed by atoms with Crippen molar-refractivity contribution in [3.05, 3.63) is 29.6 Å². The Bertz CT molecular complexity index is 428. The van der Waals surface area contributed by atoms with Gasteiger partial charge in [-0.2, -0.15) is 0 Å². The number of carbonyl (C=O) groups is 1. The number of rotatable bonds is 3. The van der Waals surface area contributed by atoms with Crippen molar-refractivity contribution >= 4 is 11.6 Å². The summed E-state index contributed by atoms with van der Waals surface area (Å²) in [5, 5.41) is 6.06. The highest BCUT2D eigenvalue weighted by Gasteiger charge is 2.16. The van der Waals surface area contributed by atoms with Gasteiger partial charge in [-0.25, -0.2) is 4.39 Å². The average Bonchev–Trinajstić information content (AvgIpc) is 2.35. The minimum Gasteiger partial charge on any atom is -0.326 e. The zero-order valence-corrected chi connectivity index (χ0v) is 10.6. The molecule has 0 saturated carbocycles. The quantitative estimate of drug-likeness (QED) is 0.865. The molecule has 1 aromatic carbocycles. The Balaban J connectivity index is 1.88. The predicted octanol–water partition coefficient (Wildman–Crippen LogP) is 2.60. The highest BCUT2D eigenvalue weighted by Crippen LogP contribution is 2.15. The molecule has 0 radical (unpaired) electrons. The fourth-order valence-corrected chi connectivity index (χ4v) is 2.20. The number of halogens is 1. The van der Waals surface area contributed by atoms with Crippen LogP contribution in [0.1, 0.15) is 31.2 Å². The van der Waals surface area contributed by atoms with Gasteiger partial charge < -0.3 is 10.6 Å². The number of piperidine rings is 1. The zero-order valence-electron chi connectivity index (χ0n) is 10.6. The number of hydrogen-bond donors (Lipinski definition) is 2. The Kier molecular flexibility index (Phi) is 4.31. The number of carbonyl (C=O) groups excluding carboxylic acids is 1. The van der Waals surface area contributed by atoms with Gasteiger partial charge in [0.15, 0.2) is 0 Å². The first-order valence-corrected chi connectivity index (χ1v) is 6.44. The van der Waals surface area contributed by atoms with E-state index in [2.05, 4.69) is 10.6 Å². The van der Waals surface area contributed by atoms with E-state index < -0.39 is 0 Å². The molecule has 1 fully saturated rings. The molecule has 1 amide bonds.